The third-order valence-corrected chi connectivity index (χ3v) is 8.92. The third kappa shape index (κ3) is 4.10. The van der Waals surface area contributed by atoms with Gasteiger partial charge >= 0.3 is 0 Å². The molecule has 0 fully saturated rings. The van der Waals surface area contributed by atoms with Gasteiger partial charge in [-0.1, -0.05) is 125 Å². The topological polar surface area (TPSA) is 48.5 Å². The van der Waals surface area contributed by atoms with Crippen molar-refractivity contribution >= 4 is 59.5 Å². The van der Waals surface area contributed by atoms with Crippen LogP contribution < -0.4 is 0 Å². The van der Waals surface area contributed by atoms with Crippen LogP contribution in [0.15, 0.2) is 150 Å². The fraction of sp³-hybridized carbons (Fsp3) is 0. The molecule has 9 rings (SSSR count). The Kier molecular flexibility index (Phi) is 5.89. The van der Waals surface area contributed by atoms with Gasteiger partial charge < -0.3 is 4.57 Å². The van der Waals surface area contributed by atoms with Gasteiger partial charge in [0.25, 0.3) is 0 Å². The fourth-order valence-corrected chi connectivity index (χ4v) is 6.83. The summed E-state index contributed by atoms with van der Waals surface area (Å²) in [6.45, 7) is 0. The van der Waals surface area contributed by atoms with Gasteiger partial charge in [0.05, 0.1) is 22.1 Å². The number of rotatable bonds is 4. The number of nitrogens with zero attached hydrogens (tertiary/aromatic N) is 5. The van der Waals surface area contributed by atoms with Crippen molar-refractivity contribution in [1.82, 2.24) is 24.1 Å². The SMILES string of the molecule is Brc1ccc2c(c1)c1ccc3c4ccccc4n(-c4nc(-c5ccccc5)nc(-c5ccccc5)n4)c3c1n2-c1ccccc1. The zero-order chi connectivity index (χ0) is 29.9. The van der Waals surface area contributed by atoms with Crippen molar-refractivity contribution in [1.29, 1.82) is 0 Å². The minimum absolute atomic E-state index is 0.576. The van der Waals surface area contributed by atoms with E-state index in [4.69, 9.17) is 15.0 Å². The summed E-state index contributed by atoms with van der Waals surface area (Å²) in [7, 11) is 0. The molecule has 5 nitrogen and oxygen atoms in total. The Bertz CT molecular complexity index is 2480. The molecule has 6 heteroatoms. The van der Waals surface area contributed by atoms with Crippen LogP contribution in [0.25, 0.3) is 78.0 Å². The zero-order valence-corrected chi connectivity index (χ0v) is 25.6. The predicted molar refractivity (Wildman–Crippen MR) is 187 cm³/mol. The second-order valence-corrected chi connectivity index (χ2v) is 12.0. The summed E-state index contributed by atoms with van der Waals surface area (Å²) in [6, 6.07) is 50.3. The summed E-state index contributed by atoms with van der Waals surface area (Å²) in [5, 5.41) is 4.61. The molecule has 0 aliphatic heterocycles. The average molecular weight is 643 g/mol. The lowest BCUT2D eigenvalue weighted by Crippen LogP contribution is -2.07. The fourth-order valence-electron chi connectivity index (χ4n) is 6.47. The Morgan fingerprint density at radius 3 is 1.62 bits per heavy atom. The lowest BCUT2D eigenvalue weighted by Gasteiger charge is -2.13. The summed E-state index contributed by atoms with van der Waals surface area (Å²) in [5.41, 5.74) is 7.29. The van der Waals surface area contributed by atoms with Gasteiger partial charge in [0, 0.05) is 42.8 Å². The van der Waals surface area contributed by atoms with Crippen LogP contribution in [0.2, 0.25) is 0 Å². The van der Waals surface area contributed by atoms with E-state index < -0.39 is 0 Å². The molecule has 6 aromatic carbocycles. The van der Waals surface area contributed by atoms with Crippen LogP contribution in [0.1, 0.15) is 0 Å². The van der Waals surface area contributed by atoms with Crippen LogP contribution in [0.4, 0.5) is 0 Å². The summed E-state index contributed by atoms with van der Waals surface area (Å²) in [4.78, 5) is 15.3. The lowest BCUT2D eigenvalue weighted by atomic mass is 10.1. The standard InChI is InChI=1S/C39H24BrN5/c40-27-20-23-34-32(24-27)31-22-21-30-29-18-10-11-19-33(29)45(36(30)35(31)44(34)28-16-8-3-9-17-28)39-42-37(25-12-4-1-5-13-25)41-38(43-39)26-14-6-2-7-15-26/h1-24H. The Morgan fingerprint density at radius 2 is 0.956 bits per heavy atom. The van der Waals surface area contributed by atoms with Crippen molar-refractivity contribution in [3.05, 3.63) is 150 Å². The van der Waals surface area contributed by atoms with Crippen molar-refractivity contribution in [2.24, 2.45) is 0 Å². The Hall–Kier alpha value is -5.59. The minimum atomic E-state index is 0.576. The number of benzene rings is 6. The number of halogens is 1. The highest BCUT2D eigenvalue weighted by molar-refractivity contribution is 9.10. The molecular formula is C39H24BrN5. The summed E-state index contributed by atoms with van der Waals surface area (Å²) < 4.78 is 5.63. The highest BCUT2D eigenvalue weighted by Crippen LogP contribution is 2.42. The molecule has 9 aromatic rings. The van der Waals surface area contributed by atoms with Gasteiger partial charge in [0.15, 0.2) is 11.6 Å². The van der Waals surface area contributed by atoms with Crippen molar-refractivity contribution < 1.29 is 0 Å². The first-order valence-electron chi connectivity index (χ1n) is 14.8. The second-order valence-electron chi connectivity index (χ2n) is 11.1. The highest BCUT2D eigenvalue weighted by Gasteiger charge is 2.23. The monoisotopic (exact) mass is 641 g/mol. The molecule has 0 N–H and O–H groups in total. The third-order valence-electron chi connectivity index (χ3n) is 8.43. The first kappa shape index (κ1) is 25.9. The number of aromatic nitrogens is 5. The summed E-state index contributed by atoms with van der Waals surface area (Å²) >= 11 is 3.73. The second kappa shape index (κ2) is 10.3. The van der Waals surface area contributed by atoms with Gasteiger partial charge in [-0.15, -0.1) is 0 Å². The molecule has 0 saturated heterocycles. The first-order valence-corrected chi connectivity index (χ1v) is 15.6. The van der Waals surface area contributed by atoms with Crippen molar-refractivity contribution in [3.63, 3.8) is 0 Å². The van der Waals surface area contributed by atoms with Gasteiger partial charge in [-0.25, -0.2) is 4.98 Å². The minimum Gasteiger partial charge on any atom is -0.307 e. The van der Waals surface area contributed by atoms with Gasteiger partial charge in [-0.05, 0) is 36.4 Å². The molecule has 0 unspecified atom stereocenters. The van der Waals surface area contributed by atoms with Crippen LogP contribution in [0, 0.1) is 0 Å². The maximum atomic E-state index is 5.17. The Morgan fingerprint density at radius 1 is 0.422 bits per heavy atom. The van der Waals surface area contributed by atoms with E-state index >= 15 is 0 Å². The molecule has 0 amide bonds. The Labute approximate surface area is 267 Å². The number of para-hydroxylation sites is 2. The smallest absolute Gasteiger partial charge is 0.238 e. The van der Waals surface area contributed by atoms with E-state index in [1.54, 1.807) is 0 Å². The number of fused-ring (bicyclic) bond motifs is 7. The quantitative estimate of drug-likeness (QED) is 0.192. The molecule has 0 aliphatic carbocycles. The highest BCUT2D eigenvalue weighted by atomic mass is 79.9. The zero-order valence-electron chi connectivity index (χ0n) is 24.0. The lowest BCUT2D eigenvalue weighted by molar-refractivity contribution is 0.953. The van der Waals surface area contributed by atoms with Gasteiger partial charge in [0.1, 0.15) is 0 Å². The van der Waals surface area contributed by atoms with Crippen molar-refractivity contribution in [2.45, 2.75) is 0 Å². The summed E-state index contributed by atoms with van der Waals surface area (Å²) in [6.07, 6.45) is 0. The molecule has 3 aromatic heterocycles. The molecule has 0 atom stereocenters. The normalized spacial score (nSPS) is 11.7. The van der Waals surface area contributed by atoms with Crippen molar-refractivity contribution in [3.8, 4) is 34.4 Å². The average Bonchev–Trinajstić information content (AvgIpc) is 3.62. The molecular weight excluding hydrogens is 618 g/mol. The molecule has 0 bridgehead atoms. The number of hydrogen-bond acceptors (Lipinski definition) is 3. The first-order chi connectivity index (χ1) is 22.2. The summed E-state index contributed by atoms with van der Waals surface area (Å²) in [5.74, 6) is 1.84. The van der Waals surface area contributed by atoms with Crippen LogP contribution in [-0.2, 0) is 0 Å². The molecule has 0 spiro atoms. The van der Waals surface area contributed by atoms with E-state index in [1.807, 2.05) is 60.7 Å². The van der Waals surface area contributed by atoms with Crippen molar-refractivity contribution in [2.75, 3.05) is 0 Å². The van der Waals surface area contributed by atoms with E-state index in [0.717, 1.165) is 59.5 Å². The molecule has 212 valence electrons. The van der Waals surface area contributed by atoms with Crippen LogP contribution in [-0.4, -0.2) is 24.1 Å². The van der Waals surface area contributed by atoms with E-state index in [0.29, 0.717) is 17.6 Å². The van der Waals surface area contributed by atoms with E-state index in [-0.39, 0.29) is 0 Å². The van der Waals surface area contributed by atoms with Gasteiger partial charge in [0.2, 0.25) is 5.95 Å². The molecule has 0 radical (unpaired) electrons. The molecule has 3 heterocycles. The number of hydrogen-bond donors (Lipinski definition) is 0. The Balaban J connectivity index is 1.48. The largest absolute Gasteiger partial charge is 0.307 e. The van der Waals surface area contributed by atoms with E-state index in [1.165, 1.54) is 5.39 Å². The van der Waals surface area contributed by atoms with Crippen LogP contribution in [0.3, 0.4) is 0 Å². The van der Waals surface area contributed by atoms with Gasteiger partial charge in [-0.3, -0.25) is 4.57 Å². The van der Waals surface area contributed by atoms with Crippen LogP contribution in [0.5, 0.6) is 0 Å². The predicted octanol–water partition coefficient (Wildman–Crippen LogP) is 10.2. The molecule has 0 aliphatic rings. The van der Waals surface area contributed by atoms with Crippen LogP contribution >= 0.6 is 15.9 Å². The van der Waals surface area contributed by atoms with E-state index in [2.05, 4.69) is 110 Å². The maximum Gasteiger partial charge on any atom is 0.238 e. The molecule has 45 heavy (non-hydrogen) atoms. The maximum absolute atomic E-state index is 5.17. The van der Waals surface area contributed by atoms with Gasteiger partial charge in [-0.2, -0.15) is 9.97 Å². The molecule has 0 saturated carbocycles. The van der Waals surface area contributed by atoms with E-state index in [9.17, 15) is 0 Å².